The third-order valence-electron chi connectivity index (χ3n) is 4.11. The van der Waals surface area contributed by atoms with Crippen molar-refractivity contribution in [1.29, 1.82) is 0 Å². The van der Waals surface area contributed by atoms with Gasteiger partial charge in [0.2, 0.25) is 5.89 Å². The van der Waals surface area contributed by atoms with Gasteiger partial charge in [0.05, 0.1) is 17.0 Å². The molecule has 4 aromatic rings. The van der Waals surface area contributed by atoms with E-state index in [0.717, 1.165) is 10.7 Å². The Balaban J connectivity index is 1.38. The van der Waals surface area contributed by atoms with Gasteiger partial charge < -0.3 is 13.7 Å². The highest BCUT2D eigenvalue weighted by molar-refractivity contribution is 7.98. The highest BCUT2D eigenvalue weighted by Crippen LogP contribution is 2.27. The maximum atomic E-state index is 6.11. The van der Waals surface area contributed by atoms with Crippen molar-refractivity contribution in [3.8, 4) is 17.1 Å². The average molecular weight is 447 g/mol. The fourth-order valence-electron chi connectivity index (χ4n) is 2.58. The van der Waals surface area contributed by atoms with Gasteiger partial charge in [-0.1, -0.05) is 59.2 Å². The Hall–Kier alpha value is -2.48. The van der Waals surface area contributed by atoms with Crippen LogP contribution < -0.4 is 4.74 Å². The van der Waals surface area contributed by atoms with E-state index in [9.17, 15) is 0 Å². The molecule has 0 fully saturated rings. The Labute approximate surface area is 181 Å². The normalized spacial score (nSPS) is 11.0. The monoisotopic (exact) mass is 446 g/mol. The van der Waals surface area contributed by atoms with Crippen LogP contribution in [0, 0.1) is 0 Å². The second kappa shape index (κ2) is 8.90. The number of nitrogens with zero attached hydrogens (tertiary/aromatic N) is 4. The highest BCUT2D eigenvalue weighted by atomic mass is 35.5. The van der Waals surface area contributed by atoms with Crippen LogP contribution in [0.5, 0.6) is 5.75 Å². The number of oxazole rings is 1. The average Bonchev–Trinajstić information content (AvgIpc) is 3.33. The highest BCUT2D eigenvalue weighted by Gasteiger charge is 2.13. The summed E-state index contributed by atoms with van der Waals surface area (Å²) in [6.07, 6.45) is 1.70. The topological polar surface area (TPSA) is 66.0 Å². The second-order valence-electron chi connectivity index (χ2n) is 6.09. The van der Waals surface area contributed by atoms with E-state index < -0.39 is 0 Å². The minimum Gasteiger partial charge on any atom is -0.484 e. The molecule has 0 amide bonds. The zero-order valence-corrected chi connectivity index (χ0v) is 17.7. The molecule has 9 heteroatoms. The van der Waals surface area contributed by atoms with Crippen LogP contribution in [0.15, 0.2) is 64.3 Å². The maximum absolute atomic E-state index is 6.11. The Kier molecular flexibility index (Phi) is 6.08. The van der Waals surface area contributed by atoms with Crippen LogP contribution in [0.4, 0.5) is 0 Å². The van der Waals surface area contributed by atoms with Gasteiger partial charge in [-0.3, -0.25) is 0 Å². The molecule has 0 radical (unpaired) electrons. The number of benzene rings is 2. The zero-order chi connectivity index (χ0) is 20.2. The minimum atomic E-state index is 0.270. The van der Waals surface area contributed by atoms with Gasteiger partial charge in [0.1, 0.15) is 12.4 Å². The molecule has 6 nitrogen and oxygen atoms in total. The molecular formula is C20H16Cl2N4O2S. The molecule has 0 N–H and O–H groups in total. The number of thioether (sulfide) groups is 1. The lowest BCUT2D eigenvalue weighted by atomic mass is 10.2. The molecule has 4 rings (SSSR count). The van der Waals surface area contributed by atoms with Crippen LogP contribution in [0.2, 0.25) is 10.0 Å². The lowest BCUT2D eigenvalue weighted by Gasteiger charge is -2.07. The fourth-order valence-corrected chi connectivity index (χ4v) is 3.74. The quantitative estimate of drug-likeness (QED) is 0.341. The van der Waals surface area contributed by atoms with Crippen molar-refractivity contribution in [3.63, 3.8) is 0 Å². The smallest absolute Gasteiger partial charge is 0.205 e. The molecule has 0 aliphatic rings. The van der Waals surface area contributed by atoms with Gasteiger partial charge >= 0.3 is 0 Å². The van der Waals surface area contributed by atoms with Gasteiger partial charge in [-0.2, -0.15) is 0 Å². The number of aromatic nitrogens is 4. The number of para-hydroxylation sites is 1. The van der Waals surface area contributed by atoms with Gasteiger partial charge in [-0.25, -0.2) is 4.98 Å². The van der Waals surface area contributed by atoms with Gasteiger partial charge in [-0.15, -0.1) is 10.2 Å². The number of halogens is 2. The molecule has 0 spiro atoms. The number of ether oxygens (including phenoxy) is 1. The summed E-state index contributed by atoms with van der Waals surface area (Å²) in [4.78, 5) is 4.33. The molecule has 0 unspecified atom stereocenters. The lowest BCUT2D eigenvalue weighted by Crippen LogP contribution is -2.04. The third-order valence-corrected chi connectivity index (χ3v) is 5.66. The van der Waals surface area contributed by atoms with Crippen molar-refractivity contribution in [1.82, 2.24) is 19.7 Å². The molecule has 29 heavy (non-hydrogen) atoms. The van der Waals surface area contributed by atoms with Crippen molar-refractivity contribution in [2.75, 3.05) is 0 Å². The minimum absolute atomic E-state index is 0.270. The molecule has 0 aliphatic carbocycles. The molecule has 0 bridgehead atoms. The second-order valence-corrected chi connectivity index (χ2v) is 7.88. The van der Waals surface area contributed by atoms with Crippen LogP contribution in [0.3, 0.4) is 0 Å². The third kappa shape index (κ3) is 4.75. The summed E-state index contributed by atoms with van der Waals surface area (Å²) in [6, 6.07) is 14.8. The van der Waals surface area contributed by atoms with Crippen LogP contribution in [-0.2, 0) is 19.4 Å². The fraction of sp³-hybridized carbons (Fsp3) is 0.150. The van der Waals surface area contributed by atoms with E-state index in [1.54, 1.807) is 12.3 Å². The van der Waals surface area contributed by atoms with Crippen molar-refractivity contribution >= 4 is 35.0 Å². The maximum Gasteiger partial charge on any atom is 0.205 e. The molecule has 0 aliphatic heterocycles. The van der Waals surface area contributed by atoms with Crippen LogP contribution in [-0.4, -0.2) is 19.7 Å². The van der Waals surface area contributed by atoms with Crippen LogP contribution in [0.1, 0.15) is 11.7 Å². The summed E-state index contributed by atoms with van der Waals surface area (Å²) >= 11 is 13.6. The summed E-state index contributed by atoms with van der Waals surface area (Å²) in [5, 5.41) is 10.4. The van der Waals surface area contributed by atoms with E-state index in [1.165, 1.54) is 11.8 Å². The van der Waals surface area contributed by atoms with Crippen molar-refractivity contribution < 1.29 is 9.15 Å². The standard InChI is InChI=1S/C20H16Cl2N4O2S/c1-26-18(11-27-16-8-3-2-7-15(16)22)24-25-20(26)29-12-19-23-10-17(28-19)13-5-4-6-14(21)9-13/h2-10H,11-12H2,1H3. The Bertz CT molecular complexity index is 1130. The molecule has 148 valence electrons. The summed E-state index contributed by atoms with van der Waals surface area (Å²) in [6.45, 7) is 0.270. The number of rotatable bonds is 7. The molecule has 0 saturated carbocycles. The van der Waals surface area contributed by atoms with Gasteiger partial charge in [0.15, 0.2) is 16.7 Å². The first-order valence-electron chi connectivity index (χ1n) is 8.69. The molecule has 2 heterocycles. The molecule has 0 saturated heterocycles. The lowest BCUT2D eigenvalue weighted by molar-refractivity contribution is 0.290. The van der Waals surface area contributed by atoms with Crippen molar-refractivity contribution in [2.45, 2.75) is 17.5 Å². The SMILES string of the molecule is Cn1c(COc2ccccc2Cl)nnc1SCc1ncc(-c2cccc(Cl)c2)o1. The van der Waals surface area contributed by atoms with Crippen molar-refractivity contribution in [3.05, 3.63) is 76.5 Å². The summed E-state index contributed by atoms with van der Waals surface area (Å²) in [5.41, 5.74) is 0.888. The van der Waals surface area contributed by atoms with E-state index >= 15 is 0 Å². The Morgan fingerprint density at radius 1 is 1.10 bits per heavy atom. The summed E-state index contributed by atoms with van der Waals surface area (Å²) in [5.74, 6) is 3.11. The predicted octanol–water partition coefficient (Wildman–Crippen LogP) is 5.65. The number of hydrogen-bond donors (Lipinski definition) is 0. The first kappa shape index (κ1) is 19.8. The van der Waals surface area contributed by atoms with Gasteiger partial charge in [-0.05, 0) is 24.3 Å². The van der Waals surface area contributed by atoms with E-state index in [4.69, 9.17) is 32.4 Å². The molecule has 2 aromatic heterocycles. The van der Waals surface area contributed by atoms with E-state index in [-0.39, 0.29) is 6.61 Å². The van der Waals surface area contributed by atoms with Gasteiger partial charge in [0, 0.05) is 17.6 Å². The van der Waals surface area contributed by atoms with E-state index in [2.05, 4.69) is 15.2 Å². The summed E-state index contributed by atoms with van der Waals surface area (Å²) < 4.78 is 13.4. The predicted molar refractivity (Wildman–Crippen MR) is 113 cm³/mol. The Morgan fingerprint density at radius 2 is 1.97 bits per heavy atom. The largest absolute Gasteiger partial charge is 0.484 e. The first-order chi connectivity index (χ1) is 14.1. The molecular weight excluding hydrogens is 431 g/mol. The summed E-state index contributed by atoms with van der Waals surface area (Å²) in [7, 11) is 1.89. The zero-order valence-electron chi connectivity index (χ0n) is 15.4. The van der Waals surface area contributed by atoms with Crippen molar-refractivity contribution in [2.24, 2.45) is 7.05 Å². The van der Waals surface area contributed by atoms with Crippen LogP contribution in [0.25, 0.3) is 11.3 Å². The van der Waals surface area contributed by atoms with E-state index in [0.29, 0.717) is 39.0 Å². The van der Waals surface area contributed by atoms with Crippen LogP contribution >= 0.6 is 35.0 Å². The molecule has 0 atom stereocenters. The number of hydrogen-bond acceptors (Lipinski definition) is 6. The molecule has 2 aromatic carbocycles. The Morgan fingerprint density at radius 3 is 2.79 bits per heavy atom. The first-order valence-corrected chi connectivity index (χ1v) is 10.4. The van der Waals surface area contributed by atoms with Gasteiger partial charge in [0.25, 0.3) is 0 Å². The van der Waals surface area contributed by atoms with E-state index in [1.807, 2.05) is 54.1 Å².